The molecule has 1 aromatic carbocycles. The average molecular weight is 475 g/mol. The molecule has 0 spiro atoms. The molecule has 2 atom stereocenters. The van der Waals surface area contributed by atoms with Gasteiger partial charge in [0.2, 0.25) is 0 Å². The lowest BCUT2D eigenvalue weighted by Gasteiger charge is -2.34. The molecule has 4 nitrogen and oxygen atoms in total. The molecule has 31 heavy (non-hydrogen) atoms. The van der Waals surface area contributed by atoms with E-state index < -0.39 is 6.17 Å². The Bertz CT molecular complexity index is 1150. The van der Waals surface area contributed by atoms with Crippen LogP contribution in [0.5, 0.6) is 0 Å². The molecule has 2 aromatic heterocycles. The van der Waals surface area contributed by atoms with Gasteiger partial charge >= 0.3 is 0 Å². The van der Waals surface area contributed by atoms with E-state index in [2.05, 4.69) is 31.4 Å². The number of fused-ring (bicyclic) bond motifs is 3. The van der Waals surface area contributed by atoms with Crippen molar-refractivity contribution in [1.82, 2.24) is 5.32 Å². The molecule has 0 saturated heterocycles. The van der Waals surface area contributed by atoms with Crippen molar-refractivity contribution in [3.8, 4) is 11.3 Å². The Morgan fingerprint density at radius 1 is 1.10 bits per heavy atom. The van der Waals surface area contributed by atoms with Crippen LogP contribution in [0, 0.1) is 11.3 Å². The first-order chi connectivity index (χ1) is 14.7. The van der Waals surface area contributed by atoms with E-state index in [0.717, 1.165) is 35.4 Å². The van der Waals surface area contributed by atoms with Crippen LogP contribution in [-0.2, 0) is 12.8 Å². The zero-order valence-corrected chi connectivity index (χ0v) is 20.0. The topological polar surface area (TPSA) is 54.3 Å². The van der Waals surface area contributed by atoms with Gasteiger partial charge in [-0.3, -0.25) is 4.79 Å². The first-order valence-corrected chi connectivity index (χ1v) is 12.0. The van der Waals surface area contributed by atoms with Gasteiger partial charge in [-0.15, -0.1) is 11.3 Å². The van der Waals surface area contributed by atoms with E-state index in [-0.39, 0.29) is 11.3 Å². The molecule has 2 aliphatic rings. The molecule has 2 N–H and O–H groups in total. The maximum absolute atomic E-state index is 13.0. The van der Waals surface area contributed by atoms with Gasteiger partial charge in [0.05, 0.1) is 5.56 Å². The minimum atomic E-state index is -0.415. The summed E-state index contributed by atoms with van der Waals surface area (Å²) < 4.78 is 6.06. The number of carbonyl (C=O) groups excluding carboxylic acids is 1. The zero-order valence-electron chi connectivity index (χ0n) is 17.6. The maximum Gasteiger partial charge on any atom is 0.256 e. The molecule has 0 bridgehead atoms. The summed E-state index contributed by atoms with van der Waals surface area (Å²) in [7, 11) is 0. The van der Waals surface area contributed by atoms with Crippen molar-refractivity contribution in [2.45, 2.75) is 46.2 Å². The molecule has 1 aliphatic carbocycles. The van der Waals surface area contributed by atoms with Crippen molar-refractivity contribution in [2.24, 2.45) is 11.3 Å². The van der Waals surface area contributed by atoms with Crippen molar-refractivity contribution in [3.05, 3.63) is 62.1 Å². The van der Waals surface area contributed by atoms with Gasteiger partial charge in [0.15, 0.2) is 6.17 Å². The Kier molecular flexibility index (Phi) is 5.11. The Labute approximate surface area is 195 Å². The highest BCUT2D eigenvalue weighted by molar-refractivity contribution is 7.16. The standard InChI is InChI=1S/C24H24Cl2N2O2S/c1-24(2,3)13-4-5-16-19(10-13)31-23-20(16)22(29)27-21(28-23)18-7-6-17(30-18)12-8-14(25)11-15(26)9-12/h6-9,11,13,21,28H,4-5,10H2,1-3H3,(H,27,29)/t13-,21+/m1/s1. The van der Waals surface area contributed by atoms with Gasteiger partial charge < -0.3 is 15.1 Å². The zero-order chi connectivity index (χ0) is 21.9. The molecule has 0 fully saturated rings. The van der Waals surface area contributed by atoms with Crippen LogP contribution in [-0.4, -0.2) is 5.91 Å². The second kappa shape index (κ2) is 7.58. The van der Waals surface area contributed by atoms with Crippen molar-refractivity contribution >= 4 is 45.4 Å². The van der Waals surface area contributed by atoms with Crippen LogP contribution in [0.2, 0.25) is 10.0 Å². The minimum Gasteiger partial charge on any atom is -0.457 e. The Morgan fingerprint density at radius 2 is 1.84 bits per heavy atom. The largest absolute Gasteiger partial charge is 0.457 e. The van der Waals surface area contributed by atoms with Crippen molar-refractivity contribution < 1.29 is 9.21 Å². The fraction of sp³-hybridized carbons (Fsp3) is 0.375. The number of hydrogen-bond donors (Lipinski definition) is 2. The van der Waals surface area contributed by atoms with E-state index in [1.54, 1.807) is 29.5 Å². The third kappa shape index (κ3) is 3.88. The van der Waals surface area contributed by atoms with Gasteiger partial charge in [-0.25, -0.2) is 0 Å². The number of rotatable bonds is 2. The maximum atomic E-state index is 13.0. The summed E-state index contributed by atoms with van der Waals surface area (Å²) in [6.07, 6.45) is 2.71. The lowest BCUT2D eigenvalue weighted by Crippen LogP contribution is -2.38. The second-order valence-electron chi connectivity index (χ2n) is 9.42. The third-order valence-electron chi connectivity index (χ3n) is 6.33. The normalized spacial score (nSPS) is 20.6. The quantitative estimate of drug-likeness (QED) is 0.408. The first-order valence-electron chi connectivity index (χ1n) is 10.5. The Hall–Kier alpha value is -1.95. The van der Waals surface area contributed by atoms with E-state index in [0.29, 0.717) is 27.5 Å². The highest BCUT2D eigenvalue weighted by Gasteiger charge is 2.37. The number of amides is 1. The summed E-state index contributed by atoms with van der Waals surface area (Å²) >= 11 is 14.0. The van der Waals surface area contributed by atoms with Gasteiger partial charge in [0, 0.05) is 20.5 Å². The first kappa shape index (κ1) is 20.9. The lowest BCUT2D eigenvalue weighted by atomic mass is 9.72. The summed E-state index contributed by atoms with van der Waals surface area (Å²) in [6, 6.07) is 9.04. The predicted octanol–water partition coefficient (Wildman–Crippen LogP) is 7.32. The summed E-state index contributed by atoms with van der Waals surface area (Å²) in [6.45, 7) is 6.91. The number of hydrogen-bond acceptors (Lipinski definition) is 4. The molecular formula is C24H24Cl2N2O2S. The van der Waals surface area contributed by atoms with Crippen LogP contribution in [0.15, 0.2) is 34.7 Å². The number of halogens is 2. The molecule has 162 valence electrons. The molecule has 7 heteroatoms. The van der Waals surface area contributed by atoms with Gasteiger partial charge in [0.25, 0.3) is 5.91 Å². The Morgan fingerprint density at radius 3 is 2.55 bits per heavy atom. The van der Waals surface area contributed by atoms with E-state index in [1.165, 1.54) is 10.4 Å². The Balaban J connectivity index is 1.42. The highest BCUT2D eigenvalue weighted by atomic mass is 35.5. The fourth-order valence-electron chi connectivity index (χ4n) is 4.54. The van der Waals surface area contributed by atoms with Gasteiger partial charge in [-0.2, -0.15) is 0 Å². The van der Waals surface area contributed by atoms with E-state index in [1.807, 2.05) is 12.1 Å². The van der Waals surface area contributed by atoms with Crippen molar-refractivity contribution in [3.63, 3.8) is 0 Å². The van der Waals surface area contributed by atoms with Crippen LogP contribution >= 0.6 is 34.5 Å². The van der Waals surface area contributed by atoms with E-state index in [4.69, 9.17) is 27.6 Å². The van der Waals surface area contributed by atoms with Gasteiger partial charge in [0.1, 0.15) is 16.5 Å². The van der Waals surface area contributed by atoms with Crippen LogP contribution in [0.4, 0.5) is 5.00 Å². The number of anilines is 1. The van der Waals surface area contributed by atoms with E-state index >= 15 is 0 Å². The molecular weight excluding hydrogens is 451 g/mol. The monoisotopic (exact) mass is 474 g/mol. The summed E-state index contributed by atoms with van der Waals surface area (Å²) in [5.74, 6) is 1.90. The molecule has 3 aromatic rings. The number of furan rings is 1. The van der Waals surface area contributed by atoms with Crippen LogP contribution in [0.25, 0.3) is 11.3 Å². The third-order valence-corrected chi connectivity index (χ3v) is 7.95. The number of benzene rings is 1. The van der Waals surface area contributed by atoms with Crippen molar-refractivity contribution in [1.29, 1.82) is 0 Å². The van der Waals surface area contributed by atoms with Crippen LogP contribution in [0.3, 0.4) is 0 Å². The lowest BCUT2D eigenvalue weighted by molar-refractivity contribution is 0.0930. The van der Waals surface area contributed by atoms with E-state index in [9.17, 15) is 4.79 Å². The molecule has 0 saturated carbocycles. The molecule has 1 aliphatic heterocycles. The van der Waals surface area contributed by atoms with Gasteiger partial charge in [-0.05, 0) is 66.5 Å². The van der Waals surface area contributed by atoms with Gasteiger partial charge in [-0.1, -0.05) is 44.0 Å². The highest BCUT2D eigenvalue weighted by Crippen LogP contribution is 2.46. The minimum absolute atomic E-state index is 0.0331. The SMILES string of the molecule is CC(C)(C)[C@@H]1CCc2c(sc3c2C(=O)N[C@H](c2ccc(-c4cc(Cl)cc(Cl)c4)o2)N3)C1. The second-order valence-corrected chi connectivity index (χ2v) is 11.4. The van der Waals surface area contributed by atoms with Crippen LogP contribution < -0.4 is 10.6 Å². The average Bonchev–Trinajstić information content (AvgIpc) is 3.31. The number of carbonyl (C=O) groups is 1. The fourth-order valence-corrected chi connectivity index (χ4v) is 6.42. The molecule has 3 heterocycles. The number of nitrogens with one attached hydrogen (secondary N) is 2. The smallest absolute Gasteiger partial charge is 0.256 e. The molecule has 1 amide bonds. The van der Waals surface area contributed by atoms with Crippen molar-refractivity contribution in [2.75, 3.05) is 5.32 Å². The molecule has 0 unspecified atom stereocenters. The molecule has 0 radical (unpaired) electrons. The van der Waals surface area contributed by atoms with Crippen LogP contribution in [0.1, 0.15) is 59.9 Å². The summed E-state index contributed by atoms with van der Waals surface area (Å²) in [5, 5.41) is 8.59. The summed E-state index contributed by atoms with van der Waals surface area (Å²) in [4.78, 5) is 14.4. The summed E-state index contributed by atoms with van der Waals surface area (Å²) in [5.41, 5.74) is 3.11. The molecule has 5 rings (SSSR count). The number of thiophene rings is 1. The predicted molar refractivity (Wildman–Crippen MR) is 127 cm³/mol.